The Hall–Kier alpha value is -3.12. The third-order valence-corrected chi connectivity index (χ3v) is 4.90. The van der Waals surface area contributed by atoms with Gasteiger partial charge in [-0.15, -0.1) is 0 Å². The molecule has 0 spiro atoms. The molecule has 1 aliphatic heterocycles. The normalized spacial score (nSPS) is 14.0. The third-order valence-electron chi connectivity index (χ3n) is 4.67. The highest BCUT2D eigenvalue weighted by Gasteiger charge is 2.19. The van der Waals surface area contributed by atoms with Crippen LogP contribution in [0.5, 0.6) is 0 Å². The lowest BCUT2D eigenvalue weighted by molar-refractivity contribution is 0.102. The zero-order chi connectivity index (χ0) is 19.3. The maximum absolute atomic E-state index is 12.3. The Morgan fingerprint density at radius 2 is 1.57 bits per heavy atom. The summed E-state index contributed by atoms with van der Waals surface area (Å²) >= 11 is 5.93. The summed E-state index contributed by atoms with van der Waals surface area (Å²) in [6, 6.07) is 17.2. The van der Waals surface area contributed by atoms with Crippen molar-refractivity contribution >= 4 is 34.8 Å². The topological polar surface area (TPSA) is 61.4 Å². The molecule has 0 saturated carbocycles. The number of rotatable bonds is 4. The van der Waals surface area contributed by atoms with Crippen molar-refractivity contribution in [1.82, 2.24) is 9.97 Å². The number of anilines is 3. The first-order valence-corrected chi connectivity index (χ1v) is 9.51. The molecule has 2 aromatic carbocycles. The zero-order valence-electron chi connectivity index (χ0n) is 15.3. The van der Waals surface area contributed by atoms with Crippen LogP contribution in [0.3, 0.4) is 0 Å². The molecule has 1 amide bonds. The number of carbonyl (C=O) groups is 1. The predicted octanol–water partition coefficient (Wildman–Crippen LogP) is 3.71. The second-order valence-electron chi connectivity index (χ2n) is 6.55. The first kappa shape index (κ1) is 18.3. The van der Waals surface area contributed by atoms with E-state index in [0.717, 1.165) is 26.2 Å². The molecule has 142 valence electrons. The highest BCUT2D eigenvalue weighted by Crippen LogP contribution is 2.19. The van der Waals surface area contributed by atoms with Crippen molar-refractivity contribution in [3.63, 3.8) is 0 Å². The van der Waals surface area contributed by atoms with Gasteiger partial charge in [0.05, 0.1) is 18.1 Å². The molecule has 1 aliphatic rings. The Balaban J connectivity index is 1.35. The summed E-state index contributed by atoms with van der Waals surface area (Å²) in [5.74, 6) is 0.434. The molecular weight excluding hydrogens is 374 g/mol. The molecule has 0 unspecified atom stereocenters. The smallest absolute Gasteiger partial charge is 0.255 e. The number of piperazine rings is 1. The van der Waals surface area contributed by atoms with Crippen molar-refractivity contribution < 1.29 is 4.79 Å². The lowest BCUT2D eigenvalue weighted by Crippen LogP contribution is -2.47. The van der Waals surface area contributed by atoms with Crippen molar-refractivity contribution in [3.05, 3.63) is 77.6 Å². The number of hydrogen-bond donors (Lipinski definition) is 1. The van der Waals surface area contributed by atoms with E-state index in [-0.39, 0.29) is 5.91 Å². The number of halogens is 1. The van der Waals surface area contributed by atoms with Crippen LogP contribution in [0.1, 0.15) is 10.4 Å². The van der Waals surface area contributed by atoms with E-state index in [1.807, 2.05) is 6.07 Å². The molecule has 0 aliphatic carbocycles. The van der Waals surface area contributed by atoms with Gasteiger partial charge in [-0.05, 0) is 30.3 Å². The molecule has 4 rings (SSSR count). The molecule has 7 heteroatoms. The molecule has 1 aromatic heterocycles. The maximum atomic E-state index is 12.3. The molecular formula is C21H20ClN5O. The van der Waals surface area contributed by atoms with Crippen LogP contribution in [0.25, 0.3) is 0 Å². The number of amides is 1. The quantitative estimate of drug-likeness (QED) is 0.732. The number of carbonyl (C=O) groups excluding carboxylic acids is 1. The molecule has 0 radical (unpaired) electrons. The van der Waals surface area contributed by atoms with E-state index in [4.69, 9.17) is 11.6 Å². The van der Waals surface area contributed by atoms with Crippen LogP contribution in [0.2, 0.25) is 5.02 Å². The Labute approximate surface area is 168 Å². The predicted molar refractivity (Wildman–Crippen MR) is 112 cm³/mol. The van der Waals surface area contributed by atoms with Crippen LogP contribution < -0.4 is 15.1 Å². The van der Waals surface area contributed by atoms with E-state index in [1.54, 1.807) is 36.7 Å². The number of hydrogen-bond acceptors (Lipinski definition) is 5. The van der Waals surface area contributed by atoms with Gasteiger partial charge in [0.1, 0.15) is 0 Å². The van der Waals surface area contributed by atoms with E-state index in [2.05, 4.69) is 49.4 Å². The van der Waals surface area contributed by atoms with Gasteiger partial charge in [0.15, 0.2) is 0 Å². The first-order chi connectivity index (χ1) is 13.7. The van der Waals surface area contributed by atoms with Crippen LogP contribution in [0, 0.1) is 0 Å². The standard InChI is InChI=1S/C21H20ClN5O/c22-17-6-4-5-16(13-17)20(28)25-18-14-23-21(24-15-18)27-11-9-26(10-12-27)19-7-2-1-3-8-19/h1-8,13-15H,9-12H2,(H,25,28). The van der Waals surface area contributed by atoms with E-state index >= 15 is 0 Å². The van der Waals surface area contributed by atoms with Crippen LogP contribution in [-0.2, 0) is 0 Å². The SMILES string of the molecule is O=C(Nc1cnc(N2CCN(c3ccccc3)CC2)nc1)c1cccc(Cl)c1. The molecule has 0 atom stereocenters. The fraction of sp³-hybridized carbons (Fsp3) is 0.190. The van der Waals surface area contributed by atoms with E-state index < -0.39 is 0 Å². The number of nitrogens with zero attached hydrogens (tertiary/aromatic N) is 4. The van der Waals surface area contributed by atoms with Crippen molar-refractivity contribution in [2.75, 3.05) is 41.3 Å². The van der Waals surface area contributed by atoms with Crippen molar-refractivity contribution in [2.24, 2.45) is 0 Å². The fourth-order valence-electron chi connectivity index (χ4n) is 3.19. The average molecular weight is 394 g/mol. The van der Waals surface area contributed by atoms with Crippen LogP contribution in [0.15, 0.2) is 67.0 Å². The number of para-hydroxylation sites is 1. The van der Waals surface area contributed by atoms with Gasteiger partial charge in [0.25, 0.3) is 5.91 Å². The minimum absolute atomic E-state index is 0.240. The summed E-state index contributed by atoms with van der Waals surface area (Å²) in [5.41, 5.74) is 2.28. The second-order valence-corrected chi connectivity index (χ2v) is 6.98. The minimum atomic E-state index is -0.240. The van der Waals surface area contributed by atoms with E-state index in [0.29, 0.717) is 22.2 Å². The van der Waals surface area contributed by atoms with Crippen LogP contribution >= 0.6 is 11.6 Å². The highest BCUT2D eigenvalue weighted by atomic mass is 35.5. The first-order valence-electron chi connectivity index (χ1n) is 9.13. The Morgan fingerprint density at radius 1 is 0.893 bits per heavy atom. The molecule has 2 heterocycles. The molecule has 3 aromatic rings. The summed E-state index contributed by atoms with van der Waals surface area (Å²) < 4.78 is 0. The highest BCUT2D eigenvalue weighted by molar-refractivity contribution is 6.31. The van der Waals surface area contributed by atoms with Gasteiger partial charge < -0.3 is 15.1 Å². The minimum Gasteiger partial charge on any atom is -0.368 e. The van der Waals surface area contributed by atoms with Crippen molar-refractivity contribution in [2.45, 2.75) is 0 Å². The number of benzene rings is 2. The van der Waals surface area contributed by atoms with Gasteiger partial charge in [0, 0.05) is 42.5 Å². The largest absolute Gasteiger partial charge is 0.368 e. The summed E-state index contributed by atoms with van der Waals surface area (Å²) in [7, 11) is 0. The Morgan fingerprint density at radius 3 is 2.25 bits per heavy atom. The van der Waals surface area contributed by atoms with Gasteiger partial charge in [-0.1, -0.05) is 35.9 Å². The third kappa shape index (κ3) is 4.23. The van der Waals surface area contributed by atoms with E-state index in [1.165, 1.54) is 5.69 Å². The lowest BCUT2D eigenvalue weighted by Gasteiger charge is -2.36. The summed E-state index contributed by atoms with van der Waals surface area (Å²) in [4.78, 5) is 25.6. The summed E-state index contributed by atoms with van der Waals surface area (Å²) in [6.45, 7) is 3.54. The monoisotopic (exact) mass is 393 g/mol. The van der Waals surface area contributed by atoms with Gasteiger partial charge >= 0.3 is 0 Å². The lowest BCUT2D eigenvalue weighted by atomic mass is 10.2. The Bertz CT molecular complexity index is 941. The van der Waals surface area contributed by atoms with Crippen molar-refractivity contribution in [3.8, 4) is 0 Å². The van der Waals surface area contributed by atoms with Crippen LogP contribution in [-0.4, -0.2) is 42.1 Å². The molecule has 6 nitrogen and oxygen atoms in total. The Kier molecular flexibility index (Phi) is 5.39. The summed E-state index contributed by atoms with van der Waals surface area (Å²) in [5, 5.41) is 3.32. The zero-order valence-corrected chi connectivity index (χ0v) is 16.0. The van der Waals surface area contributed by atoms with Gasteiger partial charge in [-0.2, -0.15) is 0 Å². The maximum Gasteiger partial charge on any atom is 0.255 e. The number of nitrogens with one attached hydrogen (secondary N) is 1. The van der Waals surface area contributed by atoms with E-state index in [9.17, 15) is 4.79 Å². The summed E-state index contributed by atoms with van der Waals surface area (Å²) in [6.07, 6.45) is 3.27. The number of aromatic nitrogens is 2. The fourth-order valence-corrected chi connectivity index (χ4v) is 3.38. The van der Waals surface area contributed by atoms with Crippen LogP contribution in [0.4, 0.5) is 17.3 Å². The van der Waals surface area contributed by atoms with Crippen molar-refractivity contribution in [1.29, 1.82) is 0 Å². The molecule has 1 fully saturated rings. The molecule has 1 saturated heterocycles. The van der Waals surface area contributed by atoms with Gasteiger partial charge in [-0.3, -0.25) is 4.79 Å². The average Bonchev–Trinajstić information content (AvgIpc) is 2.75. The molecule has 0 bridgehead atoms. The second kappa shape index (κ2) is 8.27. The molecule has 28 heavy (non-hydrogen) atoms. The van der Waals surface area contributed by atoms with Gasteiger partial charge in [-0.25, -0.2) is 9.97 Å². The van der Waals surface area contributed by atoms with Gasteiger partial charge in [0.2, 0.25) is 5.95 Å². The molecule has 1 N–H and O–H groups in total.